The van der Waals surface area contributed by atoms with Crippen molar-refractivity contribution in [2.45, 2.75) is 65.1 Å². The fourth-order valence-electron chi connectivity index (χ4n) is 3.50. The monoisotopic (exact) mass is 466 g/mol. The first-order chi connectivity index (χ1) is 14.5. The summed E-state index contributed by atoms with van der Waals surface area (Å²) >= 11 is 0. The Morgan fingerprint density at radius 1 is 0.968 bits per heavy atom. The van der Waals surface area contributed by atoms with E-state index in [2.05, 4.69) is 5.09 Å². The normalized spacial score (nSPS) is 27.8. The molecule has 2 rings (SSSR count). The van der Waals surface area contributed by atoms with Gasteiger partial charge in [0.2, 0.25) is 0 Å². The molecule has 0 radical (unpaired) electrons. The van der Waals surface area contributed by atoms with Gasteiger partial charge in [-0.2, -0.15) is 5.09 Å². The molecule has 1 amide bonds. The van der Waals surface area contributed by atoms with Crippen molar-refractivity contribution in [3.63, 3.8) is 0 Å². The maximum Gasteiger partial charge on any atom is 0.411 e. The van der Waals surface area contributed by atoms with Crippen LogP contribution in [0.15, 0.2) is 0 Å². The quantitative estimate of drug-likeness (QED) is 0.289. The number of piperidine rings is 1. The van der Waals surface area contributed by atoms with E-state index in [-0.39, 0.29) is 19.8 Å². The van der Waals surface area contributed by atoms with E-state index < -0.39 is 62.3 Å². The summed E-state index contributed by atoms with van der Waals surface area (Å²) in [6, 6.07) is -0.929. The molecule has 0 saturated carbocycles. The van der Waals surface area contributed by atoms with Crippen LogP contribution in [0.1, 0.15) is 34.6 Å². The number of hydrogen-bond acceptors (Lipinski definition) is 11. The molecule has 2 aliphatic heterocycles. The Balaban J connectivity index is 2.56. The first kappa shape index (κ1) is 25.1. The van der Waals surface area contributed by atoms with Crippen molar-refractivity contribution >= 4 is 31.7 Å². The minimum absolute atomic E-state index is 0.00650. The van der Waals surface area contributed by atoms with E-state index in [0.29, 0.717) is 0 Å². The summed E-state index contributed by atoms with van der Waals surface area (Å²) in [7, 11) is -3.99. The summed E-state index contributed by atoms with van der Waals surface area (Å²) in [5, 5.41) is 2.60. The molecule has 1 N–H and O–H groups in total. The highest BCUT2D eigenvalue weighted by atomic mass is 31.2. The average Bonchev–Trinajstić information content (AvgIpc) is 3.02. The smallest absolute Gasteiger partial charge is 0.411 e. The van der Waals surface area contributed by atoms with Crippen LogP contribution in [0.5, 0.6) is 0 Å². The second-order valence-corrected chi connectivity index (χ2v) is 8.45. The maximum atomic E-state index is 13.1. The largest absolute Gasteiger partial charge is 0.456 e. The summed E-state index contributed by atoms with van der Waals surface area (Å²) in [6.07, 6.45) is -6.17. The van der Waals surface area contributed by atoms with Crippen LogP contribution in [0.25, 0.3) is 0 Å². The third-order valence-corrected chi connectivity index (χ3v) is 6.16. The fourth-order valence-corrected chi connectivity index (χ4v) is 5.00. The van der Waals surface area contributed by atoms with Crippen molar-refractivity contribution in [1.82, 2.24) is 9.99 Å². The van der Waals surface area contributed by atoms with Crippen molar-refractivity contribution < 1.29 is 51.7 Å². The molecule has 2 heterocycles. The van der Waals surface area contributed by atoms with Gasteiger partial charge in [-0.15, -0.1) is 0 Å². The van der Waals surface area contributed by atoms with Crippen LogP contribution in [-0.4, -0.2) is 79.2 Å². The highest BCUT2D eigenvalue weighted by Crippen LogP contribution is 2.46. The molecule has 0 bridgehead atoms. The van der Waals surface area contributed by atoms with Gasteiger partial charge in [0.05, 0.1) is 13.2 Å². The number of fused-ring (bicyclic) bond motifs is 1. The molecule has 2 saturated heterocycles. The molecule has 0 aromatic heterocycles. The molecular weight excluding hydrogens is 439 g/mol. The van der Waals surface area contributed by atoms with Gasteiger partial charge in [-0.05, 0) is 13.8 Å². The van der Waals surface area contributed by atoms with Crippen molar-refractivity contribution in [2.75, 3.05) is 19.8 Å². The standard InChI is InChI=1S/C17H27N2O11P/c1-6-26-31(24,27-7-2)18-16-15(30-11(5)22)14(29-10(4)21)13(28-9(3)20)12-8-25-17(23)19(12)16/h12-16H,6-8H2,1-5H3,(H,18,24)/t12?,13-,14?,15-,16+/m1/s1. The number of esters is 3. The lowest BCUT2D eigenvalue weighted by atomic mass is 9.92. The zero-order valence-corrected chi connectivity index (χ0v) is 18.8. The third kappa shape index (κ3) is 5.94. The minimum Gasteiger partial charge on any atom is -0.456 e. The number of hydrogen-bond donors (Lipinski definition) is 1. The maximum absolute atomic E-state index is 13.1. The molecule has 2 unspecified atom stereocenters. The predicted octanol–water partition coefficient (Wildman–Crippen LogP) is 0.713. The van der Waals surface area contributed by atoms with E-state index in [1.165, 1.54) is 0 Å². The van der Waals surface area contributed by atoms with Gasteiger partial charge < -0.3 is 18.9 Å². The summed E-state index contributed by atoms with van der Waals surface area (Å²) in [4.78, 5) is 48.9. The Morgan fingerprint density at radius 2 is 1.45 bits per heavy atom. The van der Waals surface area contributed by atoms with E-state index >= 15 is 0 Å². The topological polar surface area (TPSA) is 156 Å². The molecule has 0 aromatic rings. The Labute approximate surface area is 179 Å². The lowest BCUT2D eigenvalue weighted by Gasteiger charge is -2.47. The van der Waals surface area contributed by atoms with Gasteiger partial charge in [-0.3, -0.25) is 28.3 Å². The van der Waals surface area contributed by atoms with E-state index in [1.54, 1.807) is 13.8 Å². The number of cyclic esters (lactones) is 1. The van der Waals surface area contributed by atoms with Crippen LogP contribution in [0.4, 0.5) is 4.79 Å². The van der Waals surface area contributed by atoms with Gasteiger partial charge in [0, 0.05) is 20.8 Å². The molecule has 31 heavy (non-hydrogen) atoms. The number of amides is 1. The van der Waals surface area contributed by atoms with Gasteiger partial charge in [-0.1, -0.05) is 0 Å². The molecule has 14 heteroatoms. The highest BCUT2D eigenvalue weighted by molar-refractivity contribution is 7.51. The SMILES string of the molecule is CCOP(=O)(N[C@@H]1[C@H](OC(C)=O)C(OC(C)=O)[C@H](OC(C)=O)C2COC(=O)N21)OCC. The van der Waals surface area contributed by atoms with Crippen LogP contribution >= 0.6 is 7.75 Å². The minimum atomic E-state index is -3.99. The molecule has 0 aliphatic carbocycles. The van der Waals surface area contributed by atoms with Crippen LogP contribution in [-0.2, 0) is 46.9 Å². The summed E-state index contributed by atoms with van der Waals surface area (Å²) < 4.78 is 44.6. The lowest BCUT2D eigenvalue weighted by molar-refractivity contribution is -0.207. The highest BCUT2D eigenvalue weighted by Gasteiger charge is 2.60. The number of nitrogens with zero attached hydrogens (tertiary/aromatic N) is 1. The lowest BCUT2D eigenvalue weighted by Crippen LogP contribution is -2.71. The van der Waals surface area contributed by atoms with Crippen molar-refractivity contribution in [3.05, 3.63) is 0 Å². The van der Waals surface area contributed by atoms with Crippen molar-refractivity contribution in [2.24, 2.45) is 0 Å². The van der Waals surface area contributed by atoms with Crippen molar-refractivity contribution in [3.8, 4) is 0 Å². The molecule has 176 valence electrons. The van der Waals surface area contributed by atoms with E-state index in [0.717, 1.165) is 25.7 Å². The number of carbonyl (C=O) groups is 4. The Kier molecular flexibility index (Phi) is 8.41. The van der Waals surface area contributed by atoms with Crippen LogP contribution in [0.2, 0.25) is 0 Å². The van der Waals surface area contributed by atoms with E-state index in [9.17, 15) is 23.7 Å². The van der Waals surface area contributed by atoms with Gasteiger partial charge in [0.25, 0.3) is 0 Å². The van der Waals surface area contributed by atoms with E-state index in [1.807, 2.05) is 0 Å². The Hall–Kier alpha value is -2.21. The van der Waals surface area contributed by atoms with Crippen LogP contribution in [0, 0.1) is 0 Å². The predicted molar refractivity (Wildman–Crippen MR) is 101 cm³/mol. The first-order valence-electron chi connectivity index (χ1n) is 9.66. The Bertz CT molecular complexity index is 750. The first-order valence-corrected chi connectivity index (χ1v) is 11.2. The summed E-state index contributed by atoms with van der Waals surface area (Å²) in [5.74, 6) is -2.26. The Morgan fingerprint density at radius 3 is 1.94 bits per heavy atom. The molecule has 2 fully saturated rings. The zero-order valence-electron chi connectivity index (χ0n) is 17.9. The second kappa shape index (κ2) is 10.4. The van der Waals surface area contributed by atoms with Crippen molar-refractivity contribution in [1.29, 1.82) is 0 Å². The molecule has 0 aromatic carbocycles. The van der Waals surface area contributed by atoms with Crippen LogP contribution in [0.3, 0.4) is 0 Å². The molecular formula is C17H27N2O11P. The number of nitrogens with one attached hydrogen (secondary N) is 1. The van der Waals surface area contributed by atoms with E-state index in [4.69, 9.17) is 28.0 Å². The van der Waals surface area contributed by atoms with Gasteiger partial charge in [0.15, 0.2) is 18.3 Å². The van der Waals surface area contributed by atoms with Gasteiger partial charge in [0.1, 0.15) is 18.8 Å². The molecule has 2 aliphatic rings. The number of ether oxygens (including phenoxy) is 4. The zero-order chi connectivity index (χ0) is 23.3. The molecule has 5 atom stereocenters. The fraction of sp³-hybridized carbons (Fsp3) is 0.765. The number of carbonyl (C=O) groups excluding carboxylic acids is 4. The van der Waals surface area contributed by atoms with Gasteiger partial charge >= 0.3 is 31.7 Å². The van der Waals surface area contributed by atoms with Crippen LogP contribution < -0.4 is 5.09 Å². The third-order valence-electron chi connectivity index (χ3n) is 4.38. The second-order valence-electron chi connectivity index (χ2n) is 6.68. The molecule has 0 spiro atoms. The summed E-state index contributed by atoms with van der Waals surface area (Å²) in [6.45, 7) is 6.32. The average molecular weight is 466 g/mol. The summed E-state index contributed by atoms with van der Waals surface area (Å²) in [5.41, 5.74) is 0. The van der Waals surface area contributed by atoms with Gasteiger partial charge in [-0.25, -0.2) is 9.36 Å². The molecule has 13 nitrogen and oxygen atoms in total. The number of rotatable bonds is 9.